The van der Waals surface area contributed by atoms with Crippen LogP contribution in [0.25, 0.3) is 10.2 Å². The molecule has 1 amide bonds. The van der Waals surface area contributed by atoms with Gasteiger partial charge in [-0.15, -0.1) is 12.4 Å². The van der Waals surface area contributed by atoms with Crippen LogP contribution in [-0.4, -0.2) is 24.0 Å². The van der Waals surface area contributed by atoms with Gasteiger partial charge in [0.15, 0.2) is 5.13 Å². The summed E-state index contributed by atoms with van der Waals surface area (Å²) in [5.41, 5.74) is 0.945. The summed E-state index contributed by atoms with van der Waals surface area (Å²) in [5.74, 6) is 0.544. The highest BCUT2D eigenvalue weighted by atomic mass is 35.5. The van der Waals surface area contributed by atoms with Gasteiger partial charge in [0.1, 0.15) is 0 Å². The number of carbonyl (C=O) groups is 1. The Morgan fingerprint density at radius 3 is 3.05 bits per heavy atom. The van der Waals surface area contributed by atoms with Crippen molar-refractivity contribution < 1.29 is 4.79 Å². The van der Waals surface area contributed by atoms with Gasteiger partial charge in [-0.05, 0) is 37.6 Å². The maximum absolute atomic E-state index is 11.9. The van der Waals surface area contributed by atoms with Crippen LogP contribution in [0.1, 0.15) is 12.8 Å². The monoisotopic (exact) mass is 297 g/mol. The molecule has 1 aliphatic rings. The first kappa shape index (κ1) is 14.2. The molecule has 4 nitrogen and oxygen atoms in total. The highest BCUT2D eigenvalue weighted by molar-refractivity contribution is 7.22. The van der Waals surface area contributed by atoms with Crippen molar-refractivity contribution in [1.29, 1.82) is 0 Å². The summed E-state index contributed by atoms with van der Waals surface area (Å²) in [6.45, 7) is 1.98. The van der Waals surface area contributed by atoms with E-state index >= 15 is 0 Å². The largest absolute Gasteiger partial charge is 0.316 e. The zero-order valence-electron chi connectivity index (χ0n) is 10.4. The number of halogens is 1. The lowest BCUT2D eigenvalue weighted by Crippen LogP contribution is -2.18. The van der Waals surface area contributed by atoms with Crippen LogP contribution in [0.4, 0.5) is 5.13 Å². The molecule has 1 aromatic carbocycles. The van der Waals surface area contributed by atoms with Gasteiger partial charge in [-0.3, -0.25) is 4.79 Å². The molecule has 2 aromatic rings. The minimum absolute atomic E-state index is 0. The SMILES string of the molecule is Cl.O=C(CC1CCNC1)Nc1nc2ccccc2s1. The molecule has 1 fully saturated rings. The first-order valence-electron chi connectivity index (χ1n) is 6.17. The van der Waals surface area contributed by atoms with E-state index in [9.17, 15) is 4.79 Å². The van der Waals surface area contributed by atoms with Gasteiger partial charge in [-0.25, -0.2) is 4.98 Å². The third-order valence-electron chi connectivity index (χ3n) is 3.18. The summed E-state index contributed by atoms with van der Waals surface area (Å²) in [5, 5.41) is 6.87. The second-order valence-corrected chi connectivity index (χ2v) is 5.63. The van der Waals surface area contributed by atoms with Crippen LogP contribution in [-0.2, 0) is 4.79 Å². The van der Waals surface area contributed by atoms with E-state index in [4.69, 9.17) is 0 Å². The van der Waals surface area contributed by atoms with Crippen LogP contribution in [0.15, 0.2) is 24.3 Å². The van der Waals surface area contributed by atoms with Crippen molar-refractivity contribution in [3.05, 3.63) is 24.3 Å². The molecule has 1 atom stereocenters. The van der Waals surface area contributed by atoms with Crippen LogP contribution >= 0.6 is 23.7 Å². The molecular formula is C13H16ClN3OS. The topological polar surface area (TPSA) is 54.0 Å². The number of aromatic nitrogens is 1. The summed E-state index contributed by atoms with van der Waals surface area (Å²) in [6.07, 6.45) is 1.68. The number of anilines is 1. The molecule has 1 aliphatic heterocycles. The zero-order valence-corrected chi connectivity index (χ0v) is 12.0. The number of nitrogens with zero attached hydrogens (tertiary/aromatic N) is 1. The van der Waals surface area contributed by atoms with E-state index in [2.05, 4.69) is 15.6 Å². The molecule has 0 bridgehead atoms. The number of benzene rings is 1. The fourth-order valence-electron chi connectivity index (χ4n) is 2.25. The molecule has 1 unspecified atom stereocenters. The molecule has 2 N–H and O–H groups in total. The van der Waals surface area contributed by atoms with Gasteiger partial charge >= 0.3 is 0 Å². The molecule has 1 aromatic heterocycles. The highest BCUT2D eigenvalue weighted by Gasteiger charge is 2.18. The maximum atomic E-state index is 11.9. The second kappa shape index (κ2) is 6.32. The van der Waals surface area contributed by atoms with E-state index in [0.29, 0.717) is 17.5 Å². The van der Waals surface area contributed by atoms with Crippen molar-refractivity contribution >= 4 is 45.0 Å². The van der Waals surface area contributed by atoms with E-state index < -0.39 is 0 Å². The maximum Gasteiger partial charge on any atom is 0.226 e. The van der Waals surface area contributed by atoms with Gasteiger partial charge in [-0.2, -0.15) is 0 Å². The Balaban J connectivity index is 0.00000133. The summed E-state index contributed by atoms with van der Waals surface area (Å²) in [4.78, 5) is 16.3. The normalized spacial score (nSPS) is 18.2. The average molecular weight is 298 g/mol. The molecule has 102 valence electrons. The summed E-state index contributed by atoms with van der Waals surface area (Å²) in [7, 11) is 0. The predicted molar refractivity (Wildman–Crippen MR) is 81.1 cm³/mol. The number of hydrogen-bond donors (Lipinski definition) is 2. The first-order chi connectivity index (χ1) is 8.81. The van der Waals surface area contributed by atoms with Crippen LogP contribution in [0.3, 0.4) is 0 Å². The van der Waals surface area contributed by atoms with Crippen molar-refractivity contribution in [1.82, 2.24) is 10.3 Å². The van der Waals surface area contributed by atoms with Crippen molar-refractivity contribution in [3.63, 3.8) is 0 Å². The van der Waals surface area contributed by atoms with Crippen LogP contribution in [0, 0.1) is 5.92 Å². The lowest BCUT2D eigenvalue weighted by atomic mass is 10.1. The standard InChI is InChI=1S/C13H15N3OS.ClH/c17-12(7-9-5-6-14-8-9)16-13-15-10-3-1-2-4-11(10)18-13;/h1-4,9,14H,5-8H2,(H,15,16,17);1H. The molecule has 1 saturated heterocycles. The number of para-hydroxylation sites is 1. The number of rotatable bonds is 3. The number of hydrogen-bond acceptors (Lipinski definition) is 4. The predicted octanol–water partition coefficient (Wildman–Crippen LogP) is 2.66. The fraction of sp³-hybridized carbons (Fsp3) is 0.385. The second-order valence-electron chi connectivity index (χ2n) is 4.60. The Kier molecular flexibility index (Phi) is 4.74. The summed E-state index contributed by atoms with van der Waals surface area (Å²) in [6, 6.07) is 7.92. The molecule has 0 aliphatic carbocycles. The molecular weight excluding hydrogens is 282 g/mol. The number of thiazole rings is 1. The van der Waals surface area contributed by atoms with Crippen LogP contribution in [0.5, 0.6) is 0 Å². The average Bonchev–Trinajstić information content (AvgIpc) is 2.96. The van der Waals surface area contributed by atoms with Crippen molar-refractivity contribution in [2.45, 2.75) is 12.8 Å². The van der Waals surface area contributed by atoms with Crippen LogP contribution < -0.4 is 10.6 Å². The molecule has 0 radical (unpaired) electrons. The van der Waals surface area contributed by atoms with Gasteiger partial charge in [0, 0.05) is 6.42 Å². The van der Waals surface area contributed by atoms with E-state index in [1.165, 1.54) is 11.3 Å². The molecule has 19 heavy (non-hydrogen) atoms. The van der Waals surface area contributed by atoms with Crippen molar-refractivity contribution in [2.75, 3.05) is 18.4 Å². The number of amides is 1. The number of fused-ring (bicyclic) bond motifs is 1. The Bertz CT molecular complexity index is 533. The van der Waals surface area contributed by atoms with Gasteiger partial charge in [0.2, 0.25) is 5.91 Å². The highest BCUT2D eigenvalue weighted by Crippen LogP contribution is 2.25. The molecule has 0 saturated carbocycles. The van der Waals surface area contributed by atoms with E-state index in [0.717, 1.165) is 29.7 Å². The van der Waals surface area contributed by atoms with Gasteiger partial charge < -0.3 is 10.6 Å². The third-order valence-corrected chi connectivity index (χ3v) is 4.13. The third kappa shape index (κ3) is 3.43. The molecule has 2 heterocycles. The fourth-order valence-corrected chi connectivity index (χ4v) is 3.13. The Labute approximate surface area is 122 Å². The minimum atomic E-state index is 0. The van der Waals surface area contributed by atoms with E-state index in [1.54, 1.807) is 0 Å². The van der Waals surface area contributed by atoms with Crippen LogP contribution in [0.2, 0.25) is 0 Å². The lowest BCUT2D eigenvalue weighted by molar-refractivity contribution is -0.116. The first-order valence-corrected chi connectivity index (χ1v) is 6.99. The van der Waals surface area contributed by atoms with Crippen molar-refractivity contribution in [2.24, 2.45) is 5.92 Å². The van der Waals surface area contributed by atoms with Gasteiger partial charge in [-0.1, -0.05) is 23.5 Å². The Hall–Kier alpha value is -1.17. The van der Waals surface area contributed by atoms with E-state index in [1.807, 2.05) is 24.3 Å². The quantitative estimate of drug-likeness (QED) is 0.916. The molecule has 3 rings (SSSR count). The number of nitrogens with one attached hydrogen (secondary N) is 2. The number of carbonyl (C=O) groups excluding carboxylic acids is 1. The van der Waals surface area contributed by atoms with Crippen molar-refractivity contribution in [3.8, 4) is 0 Å². The zero-order chi connectivity index (χ0) is 12.4. The minimum Gasteiger partial charge on any atom is -0.316 e. The van der Waals surface area contributed by atoms with Gasteiger partial charge in [0.05, 0.1) is 10.2 Å². The lowest BCUT2D eigenvalue weighted by Gasteiger charge is -2.06. The van der Waals surface area contributed by atoms with E-state index in [-0.39, 0.29) is 18.3 Å². The smallest absolute Gasteiger partial charge is 0.226 e. The molecule has 0 spiro atoms. The Morgan fingerprint density at radius 2 is 2.32 bits per heavy atom. The summed E-state index contributed by atoms with van der Waals surface area (Å²) >= 11 is 1.52. The van der Waals surface area contributed by atoms with Gasteiger partial charge in [0.25, 0.3) is 0 Å². The summed E-state index contributed by atoms with van der Waals surface area (Å²) < 4.78 is 1.11. The Morgan fingerprint density at radius 1 is 1.47 bits per heavy atom. The molecule has 6 heteroatoms.